The Labute approximate surface area is 121 Å². The fourth-order valence-electron chi connectivity index (χ4n) is 1.48. The van der Waals surface area contributed by atoms with E-state index in [9.17, 15) is 18.0 Å². The zero-order valence-electron chi connectivity index (χ0n) is 10.3. The highest BCUT2D eigenvalue weighted by atomic mass is 35.5. The summed E-state index contributed by atoms with van der Waals surface area (Å²) < 4.78 is 39.3. The van der Waals surface area contributed by atoms with Gasteiger partial charge in [-0.25, -0.2) is 24.0 Å². The highest BCUT2D eigenvalue weighted by Crippen LogP contribution is 2.21. The van der Waals surface area contributed by atoms with Crippen molar-refractivity contribution in [3.8, 4) is 0 Å². The van der Waals surface area contributed by atoms with Gasteiger partial charge in [-0.1, -0.05) is 11.6 Å². The molecule has 9 heteroatoms. The number of hydrogen-bond acceptors (Lipinski definition) is 4. The third kappa shape index (κ3) is 3.23. The number of nitrogens with two attached hydrogens (primary N) is 1. The molecule has 21 heavy (non-hydrogen) atoms. The van der Waals surface area contributed by atoms with Crippen molar-refractivity contribution >= 4 is 29.0 Å². The van der Waals surface area contributed by atoms with Crippen molar-refractivity contribution < 1.29 is 18.0 Å². The van der Waals surface area contributed by atoms with E-state index >= 15 is 0 Å². The van der Waals surface area contributed by atoms with Crippen LogP contribution in [-0.2, 0) is 0 Å². The topological polar surface area (TPSA) is 80.0 Å². The molecular weight excluding hydrogens is 309 g/mol. The molecule has 0 spiro atoms. The number of hydrogen-bond donors (Lipinski definition) is 3. The zero-order chi connectivity index (χ0) is 15.6. The summed E-state index contributed by atoms with van der Waals surface area (Å²) in [6.07, 6.45) is 0. The van der Waals surface area contributed by atoms with Gasteiger partial charge in [0, 0.05) is 12.1 Å². The standard InChI is InChI=1S/C12H8ClF3N4O/c13-5-1-2-10(20-17)19-11(5)12(21)18-9-4-7(15)6(14)3-8(9)16/h1-4H,17H2,(H,18,21)(H,19,20). The van der Waals surface area contributed by atoms with Crippen molar-refractivity contribution in [2.24, 2.45) is 5.84 Å². The number of anilines is 2. The molecule has 0 saturated heterocycles. The lowest BCUT2D eigenvalue weighted by Gasteiger charge is -2.09. The van der Waals surface area contributed by atoms with E-state index in [0.717, 1.165) is 0 Å². The first-order valence-electron chi connectivity index (χ1n) is 5.51. The van der Waals surface area contributed by atoms with Crippen LogP contribution >= 0.6 is 11.6 Å². The maximum Gasteiger partial charge on any atom is 0.275 e. The van der Waals surface area contributed by atoms with Crippen LogP contribution in [0.25, 0.3) is 0 Å². The number of halogens is 4. The highest BCUT2D eigenvalue weighted by Gasteiger charge is 2.17. The van der Waals surface area contributed by atoms with E-state index in [-0.39, 0.29) is 16.5 Å². The number of nitrogens with one attached hydrogen (secondary N) is 2. The van der Waals surface area contributed by atoms with Gasteiger partial charge in [0.05, 0.1) is 10.7 Å². The number of carbonyl (C=O) groups excluding carboxylic acids is 1. The summed E-state index contributed by atoms with van der Waals surface area (Å²) in [5, 5.41) is 2.03. The minimum Gasteiger partial charge on any atom is -0.318 e. The van der Waals surface area contributed by atoms with Gasteiger partial charge in [-0.15, -0.1) is 0 Å². The Bertz CT molecular complexity index is 711. The molecule has 4 N–H and O–H groups in total. The van der Waals surface area contributed by atoms with Gasteiger partial charge in [-0.3, -0.25) is 4.79 Å². The molecule has 2 rings (SSSR count). The molecule has 0 bridgehead atoms. The van der Waals surface area contributed by atoms with Crippen LogP contribution in [0.5, 0.6) is 0 Å². The number of rotatable bonds is 3. The van der Waals surface area contributed by atoms with E-state index in [4.69, 9.17) is 17.4 Å². The molecule has 0 aliphatic heterocycles. The van der Waals surface area contributed by atoms with Crippen LogP contribution in [-0.4, -0.2) is 10.9 Å². The maximum absolute atomic E-state index is 13.4. The number of amides is 1. The number of nitrogen functional groups attached to an aromatic ring is 1. The maximum atomic E-state index is 13.4. The number of nitrogens with zero attached hydrogens (tertiary/aromatic N) is 1. The minimum atomic E-state index is -1.36. The molecule has 0 aliphatic rings. The first-order valence-corrected chi connectivity index (χ1v) is 5.89. The van der Waals surface area contributed by atoms with Gasteiger partial charge in [0.2, 0.25) is 0 Å². The predicted molar refractivity (Wildman–Crippen MR) is 71.3 cm³/mol. The third-order valence-electron chi connectivity index (χ3n) is 2.47. The fourth-order valence-corrected chi connectivity index (χ4v) is 1.67. The van der Waals surface area contributed by atoms with Crippen LogP contribution < -0.4 is 16.6 Å². The third-order valence-corrected chi connectivity index (χ3v) is 2.77. The summed E-state index contributed by atoms with van der Waals surface area (Å²) in [6.45, 7) is 0. The lowest BCUT2D eigenvalue weighted by Crippen LogP contribution is -2.17. The largest absolute Gasteiger partial charge is 0.318 e. The number of carbonyl (C=O) groups is 1. The van der Waals surface area contributed by atoms with Gasteiger partial charge in [-0.2, -0.15) is 0 Å². The summed E-state index contributed by atoms with van der Waals surface area (Å²) in [5.74, 6) is 0.591. The van der Waals surface area contributed by atoms with Crippen molar-refractivity contribution in [1.82, 2.24) is 4.98 Å². The van der Waals surface area contributed by atoms with Crippen molar-refractivity contribution in [3.05, 3.63) is 52.4 Å². The predicted octanol–water partition coefficient (Wildman–Crippen LogP) is 2.69. The van der Waals surface area contributed by atoms with Crippen molar-refractivity contribution in [3.63, 3.8) is 0 Å². The van der Waals surface area contributed by atoms with Crippen LogP contribution in [0, 0.1) is 17.5 Å². The second-order valence-corrected chi connectivity index (χ2v) is 4.28. The fraction of sp³-hybridized carbons (Fsp3) is 0. The van der Waals surface area contributed by atoms with E-state index in [0.29, 0.717) is 12.1 Å². The molecule has 0 fully saturated rings. The molecule has 2 aromatic rings. The van der Waals surface area contributed by atoms with Gasteiger partial charge in [-0.05, 0) is 12.1 Å². The van der Waals surface area contributed by atoms with Crippen LogP contribution in [0.2, 0.25) is 5.02 Å². The zero-order valence-corrected chi connectivity index (χ0v) is 11.0. The van der Waals surface area contributed by atoms with E-state index in [1.165, 1.54) is 12.1 Å². The van der Waals surface area contributed by atoms with Crippen molar-refractivity contribution in [2.75, 3.05) is 10.7 Å². The average molecular weight is 317 g/mol. The molecule has 0 unspecified atom stereocenters. The molecule has 0 radical (unpaired) electrons. The normalized spacial score (nSPS) is 10.3. The average Bonchev–Trinajstić information content (AvgIpc) is 2.45. The van der Waals surface area contributed by atoms with Crippen molar-refractivity contribution in [2.45, 2.75) is 0 Å². The number of pyridine rings is 1. The number of hydrazine groups is 1. The first kappa shape index (κ1) is 15.1. The Morgan fingerprint density at radius 2 is 1.81 bits per heavy atom. The van der Waals surface area contributed by atoms with Crippen molar-refractivity contribution in [1.29, 1.82) is 0 Å². The summed E-state index contributed by atoms with van der Waals surface area (Å²) in [5.41, 5.74) is 1.42. The molecule has 5 nitrogen and oxygen atoms in total. The smallest absolute Gasteiger partial charge is 0.275 e. The van der Waals surface area contributed by atoms with E-state index in [2.05, 4.69) is 15.7 Å². The summed E-state index contributed by atoms with van der Waals surface area (Å²) in [7, 11) is 0. The molecular formula is C12H8ClF3N4O. The molecule has 1 heterocycles. The van der Waals surface area contributed by atoms with Gasteiger partial charge in [0.1, 0.15) is 17.3 Å². The molecule has 110 valence electrons. The van der Waals surface area contributed by atoms with Gasteiger partial charge in [0.25, 0.3) is 5.91 Å². The molecule has 0 aliphatic carbocycles. The Balaban J connectivity index is 2.32. The summed E-state index contributed by atoms with van der Waals surface area (Å²) in [4.78, 5) is 15.7. The van der Waals surface area contributed by atoms with E-state index in [1.54, 1.807) is 0 Å². The Morgan fingerprint density at radius 1 is 1.14 bits per heavy atom. The minimum absolute atomic E-state index is 0.0190. The van der Waals surface area contributed by atoms with Gasteiger partial charge in [0.15, 0.2) is 11.6 Å². The quantitative estimate of drug-likeness (QED) is 0.462. The molecule has 0 atom stereocenters. The van der Waals surface area contributed by atoms with E-state index in [1.807, 2.05) is 0 Å². The number of benzene rings is 1. The molecule has 0 saturated carbocycles. The lowest BCUT2D eigenvalue weighted by molar-refractivity contribution is 0.102. The van der Waals surface area contributed by atoms with Gasteiger partial charge >= 0.3 is 0 Å². The van der Waals surface area contributed by atoms with Gasteiger partial charge < -0.3 is 10.7 Å². The lowest BCUT2D eigenvalue weighted by atomic mass is 10.2. The van der Waals surface area contributed by atoms with Crippen LogP contribution in [0.15, 0.2) is 24.3 Å². The van der Waals surface area contributed by atoms with Crippen LogP contribution in [0.4, 0.5) is 24.7 Å². The highest BCUT2D eigenvalue weighted by molar-refractivity contribution is 6.34. The molecule has 1 amide bonds. The summed E-state index contributed by atoms with van der Waals surface area (Å²) in [6, 6.07) is 3.59. The molecule has 1 aromatic carbocycles. The summed E-state index contributed by atoms with van der Waals surface area (Å²) >= 11 is 5.79. The number of aromatic nitrogens is 1. The Hall–Kier alpha value is -2.32. The van der Waals surface area contributed by atoms with Crippen LogP contribution in [0.3, 0.4) is 0 Å². The second kappa shape index (κ2) is 5.98. The monoisotopic (exact) mass is 316 g/mol. The van der Waals surface area contributed by atoms with Crippen LogP contribution in [0.1, 0.15) is 10.5 Å². The Morgan fingerprint density at radius 3 is 2.48 bits per heavy atom. The second-order valence-electron chi connectivity index (χ2n) is 3.87. The molecule has 1 aromatic heterocycles. The van der Waals surface area contributed by atoms with E-state index < -0.39 is 29.0 Å². The Kier molecular flexibility index (Phi) is 4.29. The SMILES string of the molecule is NNc1ccc(Cl)c(C(=O)Nc2cc(F)c(F)cc2F)n1. The first-order chi connectivity index (χ1) is 9.92.